The predicted octanol–water partition coefficient (Wildman–Crippen LogP) is 7.72. The lowest BCUT2D eigenvalue weighted by atomic mass is 9.81. The van der Waals surface area contributed by atoms with Gasteiger partial charge in [0.25, 0.3) is 0 Å². The van der Waals surface area contributed by atoms with Crippen molar-refractivity contribution in [1.82, 2.24) is 0 Å². The minimum atomic E-state index is -3.67. The Morgan fingerprint density at radius 1 is 0.953 bits per heavy atom. The van der Waals surface area contributed by atoms with Crippen molar-refractivity contribution in [3.05, 3.63) is 95.7 Å². The van der Waals surface area contributed by atoms with Gasteiger partial charge in [0.05, 0.1) is 18.2 Å². The van der Waals surface area contributed by atoms with Gasteiger partial charge in [0.1, 0.15) is 6.54 Å². The third kappa shape index (κ3) is 7.29. The summed E-state index contributed by atoms with van der Waals surface area (Å²) < 4.78 is 20.0. The van der Waals surface area contributed by atoms with Crippen LogP contribution in [-0.4, -0.2) is 52.1 Å². The fourth-order valence-electron chi connectivity index (χ4n) is 6.34. The Hall–Kier alpha value is -3.25. The first-order valence-electron chi connectivity index (χ1n) is 15.3. The number of benzene rings is 2. The van der Waals surface area contributed by atoms with E-state index in [-0.39, 0.29) is 30.0 Å². The van der Waals surface area contributed by atoms with Crippen molar-refractivity contribution in [3.63, 3.8) is 0 Å². The second-order valence-electron chi connectivity index (χ2n) is 12.3. The lowest BCUT2D eigenvalue weighted by Gasteiger charge is -2.27. The SMILES string of the molecule is CCOP(=O)(O)CCN1/C(=C/C=C/C=C/C2=[N+](CCCCCC(=O)O)c3ccccc3C2(C)C)C(C)(C)c2ccccc21. The van der Waals surface area contributed by atoms with E-state index in [0.29, 0.717) is 13.0 Å². The molecule has 1 atom stereocenters. The zero-order valence-electron chi connectivity index (χ0n) is 26.1. The highest BCUT2D eigenvalue weighted by molar-refractivity contribution is 7.52. The molecule has 0 spiro atoms. The first-order chi connectivity index (χ1) is 20.4. The molecule has 0 amide bonds. The molecule has 0 bridgehead atoms. The average molecular weight is 606 g/mol. The molecule has 0 saturated carbocycles. The first-order valence-corrected chi connectivity index (χ1v) is 17.0. The van der Waals surface area contributed by atoms with E-state index in [1.807, 2.05) is 24.3 Å². The summed E-state index contributed by atoms with van der Waals surface area (Å²) in [5.74, 6) is -0.739. The van der Waals surface area contributed by atoms with Crippen LogP contribution in [0.25, 0.3) is 0 Å². The Balaban J connectivity index is 1.57. The summed E-state index contributed by atoms with van der Waals surface area (Å²) in [5.41, 5.74) is 6.61. The zero-order chi connectivity index (χ0) is 31.3. The van der Waals surface area contributed by atoms with Gasteiger partial charge >= 0.3 is 13.6 Å². The van der Waals surface area contributed by atoms with Gasteiger partial charge < -0.3 is 19.4 Å². The van der Waals surface area contributed by atoms with E-state index >= 15 is 0 Å². The number of unbranched alkanes of at least 4 members (excludes halogenated alkanes) is 2. The molecule has 0 aliphatic carbocycles. The number of rotatable bonds is 14. The maximum atomic E-state index is 12.5. The molecule has 8 heteroatoms. The molecule has 4 rings (SSSR count). The maximum absolute atomic E-state index is 12.5. The Bertz CT molecular complexity index is 1500. The monoisotopic (exact) mass is 605 g/mol. The van der Waals surface area contributed by atoms with Crippen LogP contribution in [0.3, 0.4) is 0 Å². The third-order valence-electron chi connectivity index (χ3n) is 8.54. The van der Waals surface area contributed by atoms with E-state index in [2.05, 4.69) is 91.8 Å². The van der Waals surface area contributed by atoms with Crippen LogP contribution in [-0.2, 0) is 24.7 Å². The Labute approximate surface area is 256 Å². The summed E-state index contributed by atoms with van der Waals surface area (Å²) in [6.45, 7) is 12.0. The summed E-state index contributed by atoms with van der Waals surface area (Å²) in [4.78, 5) is 23.3. The van der Waals surface area contributed by atoms with E-state index in [4.69, 9.17) is 9.63 Å². The number of para-hydroxylation sites is 2. The molecule has 43 heavy (non-hydrogen) atoms. The second kappa shape index (κ2) is 13.6. The average Bonchev–Trinajstić information content (AvgIpc) is 3.30. The minimum absolute atomic E-state index is 0.0479. The molecule has 2 heterocycles. The summed E-state index contributed by atoms with van der Waals surface area (Å²) in [6.07, 6.45) is 13.2. The summed E-state index contributed by atoms with van der Waals surface area (Å²) in [5, 5.41) is 8.98. The van der Waals surface area contributed by atoms with Gasteiger partial charge in [0.15, 0.2) is 5.71 Å². The highest BCUT2D eigenvalue weighted by Crippen LogP contribution is 2.49. The van der Waals surface area contributed by atoms with E-state index in [0.717, 1.165) is 30.8 Å². The first kappa shape index (κ1) is 32.7. The zero-order valence-corrected chi connectivity index (χ0v) is 27.0. The number of carboxylic acid groups (broad SMARTS) is 1. The molecule has 7 nitrogen and oxygen atoms in total. The molecule has 2 aromatic carbocycles. The van der Waals surface area contributed by atoms with Gasteiger partial charge in [-0.1, -0.05) is 68.5 Å². The van der Waals surface area contributed by atoms with Crippen LogP contribution < -0.4 is 4.90 Å². The molecule has 0 radical (unpaired) electrons. The van der Waals surface area contributed by atoms with Crippen LogP contribution in [0.1, 0.15) is 71.4 Å². The number of hydrogen-bond acceptors (Lipinski definition) is 4. The standard InChI is InChI=1S/C35H45N2O5P/c1-6-42-43(40,41)26-25-37-30-20-15-13-18-28(30)35(4,5)32(37)22-10-7-9-21-31-34(2,3)27-17-12-14-19-29(27)36(31)24-16-8-11-23-33(38)39/h7,9-10,12-15,17-22H,6,8,11,16,23-26H2,1-5H3,(H-,38,39,40,41)/p+1. The van der Waals surface area contributed by atoms with Crippen LogP contribution in [0.2, 0.25) is 0 Å². The number of hydrogen-bond donors (Lipinski definition) is 2. The molecule has 1 unspecified atom stereocenters. The lowest BCUT2D eigenvalue weighted by molar-refractivity contribution is -0.438. The van der Waals surface area contributed by atoms with E-state index in [1.165, 1.54) is 22.5 Å². The Morgan fingerprint density at radius 3 is 2.37 bits per heavy atom. The van der Waals surface area contributed by atoms with Crippen LogP contribution >= 0.6 is 7.60 Å². The fourth-order valence-corrected chi connectivity index (χ4v) is 7.32. The topological polar surface area (TPSA) is 90.1 Å². The molecular weight excluding hydrogens is 559 g/mol. The van der Waals surface area contributed by atoms with Crippen LogP contribution in [0, 0.1) is 0 Å². The Kier molecular flexibility index (Phi) is 10.3. The molecule has 0 saturated heterocycles. The van der Waals surface area contributed by atoms with Crippen molar-refractivity contribution in [2.75, 3.05) is 30.8 Å². The molecule has 2 N–H and O–H groups in total. The van der Waals surface area contributed by atoms with Gasteiger partial charge in [0, 0.05) is 53.9 Å². The van der Waals surface area contributed by atoms with Crippen molar-refractivity contribution < 1.29 is 28.5 Å². The number of anilines is 1. The van der Waals surface area contributed by atoms with Gasteiger partial charge in [0.2, 0.25) is 5.69 Å². The van der Waals surface area contributed by atoms with Gasteiger partial charge in [-0.25, -0.2) is 0 Å². The minimum Gasteiger partial charge on any atom is -0.481 e. The van der Waals surface area contributed by atoms with Crippen LogP contribution in [0.15, 0.2) is 84.6 Å². The van der Waals surface area contributed by atoms with Crippen molar-refractivity contribution >= 4 is 30.7 Å². The van der Waals surface area contributed by atoms with E-state index in [9.17, 15) is 14.3 Å². The van der Waals surface area contributed by atoms with Crippen LogP contribution in [0.4, 0.5) is 11.4 Å². The molecular formula is C35H46N2O5P+. The largest absolute Gasteiger partial charge is 0.481 e. The molecule has 0 fully saturated rings. The van der Waals surface area contributed by atoms with Crippen molar-refractivity contribution in [2.45, 2.75) is 71.1 Å². The third-order valence-corrected chi connectivity index (χ3v) is 9.97. The van der Waals surface area contributed by atoms with E-state index < -0.39 is 13.6 Å². The number of aliphatic carboxylic acids is 1. The highest BCUT2D eigenvalue weighted by Gasteiger charge is 2.44. The molecule has 0 aromatic heterocycles. The number of fused-ring (bicyclic) bond motifs is 2. The van der Waals surface area contributed by atoms with E-state index in [1.54, 1.807) is 6.92 Å². The molecule has 2 aliphatic heterocycles. The normalized spacial score (nSPS) is 19.4. The quantitative estimate of drug-likeness (QED) is 0.0992. The van der Waals surface area contributed by atoms with Crippen molar-refractivity contribution in [2.24, 2.45) is 0 Å². The van der Waals surface area contributed by atoms with Gasteiger partial charge in [-0.3, -0.25) is 9.36 Å². The van der Waals surface area contributed by atoms with Crippen molar-refractivity contribution in [3.8, 4) is 0 Å². The number of nitrogens with zero attached hydrogens (tertiary/aromatic N) is 2. The predicted molar refractivity (Wildman–Crippen MR) is 175 cm³/mol. The summed E-state index contributed by atoms with van der Waals surface area (Å²) in [7, 11) is -3.67. The Morgan fingerprint density at radius 2 is 1.65 bits per heavy atom. The number of allylic oxidation sites excluding steroid dienone is 6. The van der Waals surface area contributed by atoms with Gasteiger partial charge in [-0.05, 0) is 51.3 Å². The fraction of sp³-hybridized carbons (Fsp3) is 0.429. The summed E-state index contributed by atoms with van der Waals surface area (Å²) >= 11 is 0. The number of carbonyl (C=O) groups is 1. The van der Waals surface area contributed by atoms with Crippen LogP contribution in [0.5, 0.6) is 0 Å². The van der Waals surface area contributed by atoms with Gasteiger partial charge in [-0.2, -0.15) is 4.58 Å². The molecule has 2 aromatic rings. The van der Waals surface area contributed by atoms with Gasteiger partial charge in [-0.15, -0.1) is 0 Å². The second-order valence-corrected chi connectivity index (χ2v) is 14.2. The summed E-state index contributed by atoms with van der Waals surface area (Å²) in [6, 6.07) is 16.7. The molecule has 230 valence electrons. The maximum Gasteiger partial charge on any atom is 0.329 e. The van der Waals surface area contributed by atoms with Crippen molar-refractivity contribution in [1.29, 1.82) is 0 Å². The highest BCUT2D eigenvalue weighted by atomic mass is 31.2. The molecule has 2 aliphatic rings. The number of carboxylic acids is 1. The lowest BCUT2D eigenvalue weighted by Crippen LogP contribution is -2.28. The smallest absolute Gasteiger partial charge is 0.329 e.